The Labute approximate surface area is 124 Å². The van der Waals surface area contributed by atoms with Crippen LogP contribution in [0.4, 0.5) is 0 Å². The minimum Gasteiger partial charge on any atom is -0.762 e. The fraction of sp³-hybridized carbons (Fsp3) is 0.375. The zero-order valence-electron chi connectivity index (χ0n) is 12.1. The second-order valence-electron chi connectivity index (χ2n) is 5.19. The molecular weight excluding hydrogens is 264 g/mol. The summed E-state index contributed by atoms with van der Waals surface area (Å²) in [6.45, 7) is 5.39. The predicted octanol–water partition coefficient (Wildman–Crippen LogP) is 2.27. The van der Waals surface area contributed by atoms with Crippen LogP contribution in [0, 0.1) is 16.7 Å². The van der Waals surface area contributed by atoms with Crippen LogP contribution in [0.15, 0.2) is 24.3 Å². The molecule has 1 N–H and O–H groups in total. The molecule has 2 rings (SSSR count). The second-order valence-corrected chi connectivity index (χ2v) is 5.19. The van der Waals surface area contributed by atoms with Gasteiger partial charge in [0, 0.05) is 18.7 Å². The molecule has 5 heteroatoms. The number of nitrogens with one attached hydrogen (secondary N) is 1. The second kappa shape index (κ2) is 6.36. The van der Waals surface area contributed by atoms with Gasteiger partial charge in [0.25, 0.3) is 0 Å². The highest BCUT2D eigenvalue weighted by Gasteiger charge is 2.24. The molecule has 21 heavy (non-hydrogen) atoms. The van der Waals surface area contributed by atoms with Crippen molar-refractivity contribution in [1.82, 2.24) is 4.90 Å². The number of ether oxygens (including phenoxy) is 1. The van der Waals surface area contributed by atoms with E-state index in [1.54, 1.807) is 24.3 Å². The van der Waals surface area contributed by atoms with Crippen molar-refractivity contribution in [2.75, 3.05) is 13.1 Å². The van der Waals surface area contributed by atoms with Gasteiger partial charge >= 0.3 is 0 Å². The van der Waals surface area contributed by atoms with Gasteiger partial charge in [-0.05, 0) is 19.4 Å². The van der Waals surface area contributed by atoms with Gasteiger partial charge in [-0.25, -0.2) is 5.87 Å². The highest BCUT2D eigenvalue weighted by molar-refractivity contribution is 6.00. The van der Waals surface area contributed by atoms with E-state index in [9.17, 15) is 0 Å². The maximum Gasteiger partial charge on any atom is 0.128 e. The van der Waals surface area contributed by atoms with Crippen molar-refractivity contribution in [3.05, 3.63) is 40.8 Å². The summed E-state index contributed by atoms with van der Waals surface area (Å²) in [6, 6.07) is 8.83. The van der Waals surface area contributed by atoms with Gasteiger partial charge in [-0.15, -0.1) is 0 Å². The molecule has 1 fully saturated rings. The Kier molecular flexibility index (Phi) is 4.54. The Hall–Kier alpha value is -2.41. The molecule has 0 saturated carbocycles. The Morgan fingerprint density at radius 2 is 1.76 bits per heavy atom. The summed E-state index contributed by atoms with van der Waals surface area (Å²) in [5.74, 6) is 2.31. The maximum atomic E-state index is 8.85. The van der Waals surface area contributed by atoms with Crippen LogP contribution in [0.1, 0.15) is 25.0 Å². The first-order valence-electron chi connectivity index (χ1n) is 6.82. The summed E-state index contributed by atoms with van der Waals surface area (Å²) in [7, 11) is 0. The van der Waals surface area contributed by atoms with E-state index in [2.05, 4.69) is 0 Å². The fourth-order valence-electron chi connectivity index (χ4n) is 2.49. The summed E-state index contributed by atoms with van der Waals surface area (Å²) >= 11 is 0. The van der Waals surface area contributed by atoms with Crippen molar-refractivity contribution in [2.45, 2.75) is 26.1 Å². The first kappa shape index (κ1) is 15.0. The van der Waals surface area contributed by atoms with Gasteiger partial charge in [0.15, 0.2) is 0 Å². The number of hydrogen-bond acceptors (Lipinski definition) is 3. The Balaban J connectivity index is 2.17. The molecule has 1 aliphatic heterocycles. The molecule has 2 unspecified atom stereocenters. The average Bonchev–Trinajstić information content (AvgIpc) is 2.47. The van der Waals surface area contributed by atoms with E-state index in [4.69, 9.17) is 20.8 Å². The summed E-state index contributed by atoms with van der Waals surface area (Å²) < 4.78 is 5.67. The normalized spacial score (nSPS) is 21.3. The monoisotopic (exact) mass is 281 g/mol. The minimum absolute atomic E-state index is 0.0849. The largest absolute Gasteiger partial charge is 0.762 e. The van der Waals surface area contributed by atoms with E-state index in [0.29, 0.717) is 24.5 Å². The van der Waals surface area contributed by atoms with Gasteiger partial charge < -0.3 is 15.0 Å². The summed E-state index contributed by atoms with van der Waals surface area (Å²) in [5.41, 5.74) is 1.44. The zero-order valence-corrected chi connectivity index (χ0v) is 12.1. The van der Waals surface area contributed by atoms with Gasteiger partial charge in [0.05, 0.1) is 17.8 Å². The van der Waals surface area contributed by atoms with Gasteiger partial charge in [-0.3, -0.25) is 5.41 Å². The van der Waals surface area contributed by atoms with Gasteiger partial charge in [-0.2, -0.15) is 5.26 Å². The highest BCUT2D eigenvalue weighted by Crippen LogP contribution is 2.16. The van der Waals surface area contributed by atoms with Crippen LogP contribution in [0.3, 0.4) is 0 Å². The van der Waals surface area contributed by atoms with Crippen LogP contribution in [-0.4, -0.2) is 41.9 Å². The number of nitrogens with zero attached hydrogens (tertiary/aromatic N) is 3. The molecule has 0 aromatic heterocycles. The van der Waals surface area contributed by atoms with Crippen molar-refractivity contribution < 1.29 is 4.74 Å². The molecule has 108 valence electrons. The smallest absolute Gasteiger partial charge is 0.128 e. The zero-order chi connectivity index (χ0) is 15.4. The number of nitriles is 1. The van der Waals surface area contributed by atoms with Crippen molar-refractivity contribution in [3.8, 4) is 6.07 Å². The molecule has 1 heterocycles. The third-order valence-corrected chi connectivity index (χ3v) is 3.41. The molecule has 0 spiro atoms. The number of allylic oxidation sites excluding steroid dienone is 1. The molecular formula is C16H17N4O-. The highest BCUT2D eigenvalue weighted by atomic mass is 16.5. The van der Waals surface area contributed by atoms with E-state index < -0.39 is 0 Å². The maximum absolute atomic E-state index is 8.85. The van der Waals surface area contributed by atoms with E-state index in [-0.39, 0.29) is 17.8 Å². The van der Waals surface area contributed by atoms with Crippen LogP contribution in [0.25, 0.3) is 11.0 Å². The molecule has 0 amide bonds. The predicted molar refractivity (Wildman–Crippen MR) is 82.2 cm³/mol. The van der Waals surface area contributed by atoms with Crippen LogP contribution in [0.2, 0.25) is 0 Å². The van der Waals surface area contributed by atoms with Gasteiger partial charge in [0.2, 0.25) is 0 Å². The van der Waals surface area contributed by atoms with Crippen molar-refractivity contribution in [2.24, 2.45) is 0 Å². The number of morpholine rings is 1. The molecule has 1 saturated heterocycles. The van der Waals surface area contributed by atoms with E-state index in [1.165, 1.54) is 0 Å². The lowest BCUT2D eigenvalue weighted by Gasteiger charge is -2.36. The number of amidine groups is 1. The molecule has 0 bridgehead atoms. The quantitative estimate of drug-likeness (QED) is 0.513. The molecule has 1 aliphatic rings. The van der Waals surface area contributed by atoms with Crippen LogP contribution in [0.5, 0.6) is 0 Å². The van der Waals surface area contributed by atoms with Gasteiger partial charge in [-0.1, -0.05) is 24.3 Å². The average molecular weight is 281 g/mol. The summed E-state index contributed by atoms with van der Waals surface area (Å²) in [5, 5.41) is 26.0. The number of rotatable bonds is 2. The molecule has 5 nitrogen and oxygen atoms in total. The minimum atomic E-state index is 0.0849. The van der Waals surface area contributed by atoms with Crippen molar-refractivity contribution in [1.29, 1.82) is 10.7 Å². The molecule has 1 aromatic carbocycles. The first-order valence-corrected chi connectivity index (χ1v) is 6.82. The number of benzene rings is 1. The van der Waals surface area contributed by atoms with Crippen molar-refractivity contribution >= 4 is 17.3 Å². The topological polar surface area (TPSA) is 82.4 Å². The van der Waals surface area contributed by atoms with E-state index in [1.807, 2.05) is 30.7 Å². The lowest BCUT2D eigenvalue weighted by atomic mass is 10.0. The third-order valence-electron chi connectivity index (χ3n) is 3.41. The molecule has 1 aromatic rings. The lowest BCUT2D eigenvalue weighted by Crippen LogP contribution is -2.48. The Morgan fingerprint density at radius 1 is 1.24 bits per heavy atom. The van der Waals surface area contributed by atoms with E-state index in [0.717, 1.165) is 5.56 Å². The van der Waals surface area contributed by atoms with Crippen molar-refractivity contribution in [3.63, 3.8) is 0 Å². The standard InChI is InChI=1S/C16H17N4O/c1-11-9-20(10-12(2)21-11)16(19)14-5-3-13(4-6-14)15(7-17)8-18/h3-6,11-12,19H,9-10H2,1-2H3/q-1. The molecule has 2 atom stereocenters. The van der Waals surface area contributed by atoms with Gasteiger partial charge in [0.1, 0.15) is 11.9 Å². The van der Waals surface area contributed by atoms with Crippen LogP contribution >= 0.6 is 0 Å². The Bertz CT molecular complexity index is 613. The summed E-state index contributed by atoms with van der Waals surface area (Å²) in [4.78, 5) is 1.99. The summed E-state index contributed by atoms with van der Waals surface area (Å²) in [6.07, 6.45) is 0.205. The first-order chi connectivity index (χ1) is 10.0. The third kappa shape index (κ3) is 3.38. The van der Waals surface area contributed by atoms with Crippen LogP contribution in [-0.2, 0) is 4.74 Å². The lowest BCUT2D eigenvalue weighted by molar-refractivity contribution is -0.0480. The Morgan fingerprint density at radius 3 is 2.24 bits per heavy atom. The van der Waals surface area contributed by atoms with E-state index >= 15 is 0 Å². The molecule has 0 radical (unpaired) electrons. The molecule has 0 aliphatic carbocycles. The SMILES string of the molecule is CC1CN(C(=N)c2ccc(C(=C=[N-])C#N)cc2)CC(C)O1. The number of hydrogen-bond donors (Lipinski definition) is 1. The fourth-order valence-corrected chi connectivity index (χ4v) is 2.49. The van der Waals surface area contributed by atoms with Crippen LogP contribution < -0.4 is 0 Å².